The predicted molar refractivity (Wildman–Crippen MR) is 66.2 cm³/mol. The van der Waals surface area contributed by atoms with Crippen molar-refractivity contribution in [2.24, 2.45) is 5.92 Å². The first-order valence-corrected chi connectivity index (χ1v) is 8.23. The van der Waals surface area contributed by atoms with Gasteiger partial charge < -0.3 is 0 Å². The third-order valence-electron chi connectivity index (χ3n) is 3.85. The Morgan fingerprint density at radius 1 is 1.19 bits per heavy atom. The van der Waals surface area contributed by atoms with Crippen LogP contribution in [0.2, 0.25) is 0 Å². The van der Waals surface area contributed by atoms with E-state index in [1.54, 1.807) is 4.31 Å². The van der Waals surface area contributed by atoms with Crippen LogP contribution in [0.15, 0.2) is 0 Å². The normalized spacial score (nSPS) is 28.9. The van der Waals surface area contributed by atoms with Crippen LogP contribution in [0.3, 0.4) is 0 Å². The Bertz CT molecular complexity index is 325. The van der Waals surface area contributed by atoms with E-state index in [1.807, 2.05) is 0 Å². The summed E-state index contributed by atoms with van der Waals surface area (Å²) in [4.78, 5) is 0. The van der Waals surface area contributed by atoms with Crippen LogP contribution in [0.1, 0.15) is 38.5 Å². The molecule has 2 aliphatic rings. The lowest BCUT2D eigenvalue weighted by molar-refractivity contribution is 0.444. The summed E-state index contributed by atoms with van der Waals surface area (Å²) in [5.74, 6) is 1.12. The van der Waals surface area contributed by atoms with Crippen LogP contribution < -0.4 is 0 Å². The van der Waals surface area contributed by atoms with Crippen molar-refractivity contribution in [3.05, 3.63) is 0 Å². The molecule has 0 aromatic rings. The molecule has 5 heteroatoms. The molecular formula is C11H20ClNO2S. The third kappa shape index (κ3) is 2.54. The van der Waals surface area contributed by atoms with Crippen molar-refractivity contribution < 1.29 is 8.42 Å². The molecule has 1 saturated carbocycles. The van der Waals surface area contributed by atoms with Gasteiger partial charge in [-0.2, -0.15) is 0 Å². The Balaban J connectivity index is 1.97. The smallest absolute Gasteiger partial charge is 0.212 e. The molecule has 1 aliphatic carbocycles. The first kappa shape index (κ1) is 12.7. The van der Waals surface area contributed by atoms with Crippen molar-refractivity contribution in [1.82, 2.24) is 4.31 Å². The van der Waals surface area contributed by atoms with E-state index >= 15 is 0 Å². The lowest BCUT2D eigenvalue weighted by Crippen LogP contribution is -2.36. The van der Waals surface area contributed by atoms with Gasteiger partial charge in [0.05, 0.1) is 5.25 Å². The number of nitrogens with zero attached hydrogens (tertiary/aromatic N) is 1. The highest BCUT2D eigenvalue weighted by Gasteiger charge is 2.37. The van der Waals surface area contributed by atoms with Gasteiger partial charge in [0, 0.05) is 19.0 Å². The molecule has 2 rings (SSSR count). The van der Waals surface area contributed by atoms with Crippen LogP contribution in [0, 0.1) is 5.92 Å². The average molecular weight is 266 g/mol. The quantitative estimate of drug-likeness (QED) is 0.731. The predicted octanol–water partition coefficient (Wildman–Crippen LogP) is 2.21. The molecular weight excluding hydrogens is 246 g/mol. The van der Waals surface area contributed by atoms with Gasteiger partial charge in [0.25, 0.3) is 0 Å². The summed E-state index contributed by atoms with van der Waals surface area (Å²) in [6.45, 7) is 1.41. The van der Waals surface area contributed by atoms with E-state index in [9.17, 15) is 8.42 Å². The second-order valence-electron chi connectivity index (χ2n) is 4.94. The van der Waals surface area contributed by atoms with Crippen LogP contribution in [0.5, 0.6) is 0 Å². The number of hydrogen-bond donors (Lipinski definition) is 0. The topological polar surface area (TPSA) is 37.4 Å². The molecule has 0 radical (unpaired) electrons. The molecule has 16 heavy (non-hydrogen) atoms. The van der Waals surface area contributed by atoms with E-state index < -0.39 is 10.0 Å². The van der Waals surface area contributed by atoms with Crippen LogP contribution in [-0.4, -0.2) is 36.9 Å². The Kier molecular flexibility index (Phi) is 4.14. The zero-order valence-electron chi connectivity index (χ0n) is 9.57. The van der Waals surface area contributed by atoms with Crippen LogP contribution >= 0.6 is 11.6 Å². The van der Waals surface area contributed by atoms with Crippen molar-refractivity contribution in [2.75, 3.05) is 19.0 Å². The van der Waals surface area contributed by atoms with Gasteiger partial charge in [-0.15, -0.1) is 11.6 Å². The average Bonchev–Trinajstić information content (AvgIpc) is 2.88. The largest absolute Gasteiger partial charge is 0.216 e. The third-order valence-corrected chi connectivity index (χ3v) is 6.43. The van der Waals surface area contributed by atoms with E-state index in [4.69, 9.17) is 11.6 Å². The summed E-state index contributed by atoms with van der Waals surface area (Å²) in [6, 6.07) is 0. The number of hydrogen-bond acceptors (Lipinski definition) is 2. The van der Waals surface area contributed by atoms with Crippen molar-refractivity contribution in [3.8, 4) is 0 Å². The number of sulfonamides is 1. The second-order valence-corrected chi connectivity index (χ2v) is 7.53. The lowest BCUT2D eigenvalue weighted by atomic mass is 10.1. The molecule has 0 aromatic carbocycles. The van der Waals surface area contributed by atoms with Gasteiger partial charge in [-0.25, -0.2) is 12.7 Å². The fraction of sp³-hybridized carbons (Fsp3) is 1.00. The SMILES string of the molecule is O=S(=O)(C1CCCC1)N1CCC(CCCl)C1. The first-order valence-electron chi connectivity index (χ1n) is 6.19. The molecule has 0 N–H and O–H groups in total. The fourth-order valence-electron chi connectivity index (χ4n) is 2.82. The molecule has 1 atom stereocenters. The number of rotatable bonds is 4. The van der Waals surface area contributed by atoms with Crippen molar-refractivity contribution in [2.45, 2.75) is 43.8 Å². The van der Waals surface area contributed by atoms with Gasteiger partial charge in [-0.1, -0.05) is 12.8 Å². The van der Waals surface area contributed by atoms with Gasteiger partial charge >= 0.3 is 0 Å². The maximum Gasteiger partial charge on any atom is 0.216 e. The van der Waals surface area contributed by atoms with E-state index in [0.717, 1.165) is 38.5 Å². The Morgan fingerprint density at radius 3 is 2.50 bits per heavy atom. The number of alkyl halides is 1. The molecule has 1 aliphatic heterocycles. The fourth-order valence-corrected chi connectivity index (χ4v) is 5.25. The monoisotopic (exact) mass is 265 g/mol. The zero-order valence-corrected chi connectivity index (χ0v) is 11.1. The summed E-state index contributed by atoms with van der Waals surface area (Å²) < 4.78 is 26.3. The molecule has 94 valence electrons. The molecule has 1 heterocycles. The summed E-state index contributed by atoms with van der Waals surface area (Å²) >= 11 is 5.70. The second kappa shape index (κ2) is 5.23. The van der Waals surface area contributed by atoms with Gasteiger partial charge in [-0.3, -0.25) is 0 Å². The molecule has 1 saturated heterocycles. The highest BCUT2D eigenvalue weighted by atomic mass is 35.5. The molecule has 1 unspecified atom stereocenters. The lowest BCUT2D eigenvalue weighted by Gasteiger charge is -2.20. The minimum atomic E-state index is -3.00. The molecule has 2 fully saturated rings. The molecule has 0 amide bonds. The summed E-state index contributed by atoms with van der Waals surface area (Å²) in [5.41, 5.74) is 0. The summed E-state index contributed by atoms with van der Waals surface area (Å²) in [6.07, 6.45) is 5.79. The van der Waals surface area contributed by atoms with E-state index in [0.29, 0.717) is 24.9 Å². The first-order chi connectivity index (χ1) is 7.64. The Hall–Kier alpha value is 0.200. The number of halogens is 1. The van der Waals surface area contributed by atoms with Crippen molar-refractivity contribution in [3.63, 3.8) is 0 Å². The van der Waals surface area contributed by atoms with Gasteiger partial charge in [0.15, 0.2) is 0 Å². The highest BCUT2D eigenvalue weighted by molar-refractivity contribution is 7.89. The minimum Gasteiger partial charge on any atom is -0.212 e. The van der Waals surface area contributed by atoms with Gasteiger partial charge in [0.1, 0.15) is 0 Å². The molecule has 0 bridgehead atoms. The standard InChI is InChI=1S/C11H20ClNO2S/c12-7-5-10-6-8-13(9-10)16(14,15)11-3-1-2-4-11/h10-11H,1-9H2. The van der Waals surface area contributed by atoms with Crippen LogP contribution in [-0.2, 0) is 10.0 Å². The minimum absolute atomic E-state index is 0.0951. The maximum absolute atomic E-state index is 12.3. The Labute approximate surface area is 103 Å². The summed E-state index contributed by atoms with van der Waals surface area (Å²) in [5, 5.41) is -0.0951. The van der Waals surface area contributed by atoms with Gasteiger partial charge in [-0.05, 0) is 31.6 Å². The molecule has 0 aromatic heterocycles. The molecule has 0 spiro atoms. The van der Waals surface area contributed by atoms with E-state index in [-0.39, 0.29) is 5.25 Å². The van der Waals surface area contributed by atoms with E-state index in [2.05, 4.69) is 0 Å². The van der Waals surface area contributed by atoms with Gasteiger partial charge in [0.2, 0.25) is 10.0 Å². The van der Waals surface area contributed by atoms with Crippen LogP contribution in [0.25, 0.3) is 0 Å². The van der Waals surface area contributed by atoms with Crippen molar-refractivity contribution in [1.29, 1.82) is 0 Å². The molecule has 3 nitrogen and oxygen atoms in total. The zero-order chi connectivity index (χ0) is 11.6. The van der Waals surface area contributed by atoms with Crippen molar-refractivity contribution >= 4 is 21.6 Å². The van der Waals surface area contributed by atoms with Crippen LogP contribution in [0.4, 0.5) is 0 Å². The summed E-state index contributed by atoms with van der Waals surface area (Å²) in [7, 11) is -3.00. The maximum atomic E-state index is 12.3. The highest BCUT2D eigenvalue weighted by Crippen LogP contribution is 2.31. The van der Waals surface area contributed by atoms with E-state index in [1.165, 1.54) is 0 Å². The Morgan fingerprint density at radius 2 is 1.88 bits per heavy atom.